The molecule has 3 rings (SSSR count). The van der Waals surface area contributed by atoms with Crippen molar-refractivity contribution in [2.75, 3.05) is 18.4 Å². The first-order chi connectivity index (χ1) is 11.0. The van der Waals surface area contributed by atoms with Gasteiger partial charge in [-0.15, -0.1) is 0 Å². The first-order valence-corrected chi connectivity index (χ1v) is 8.55. The number of aromatic nitrogens is 2. The van der Waals surface area contributed by atoms with Crippen LogP contribution in [0.2, 0.25) is 0 Å². The van der Waals surface area contributed by atoms with Crippen LogP contribution in [0, 0.1) is 0 Å². The summed E-state index contributed by atoms with van der Waals surface area (Å²) in [5.41, 5.74) is 2.90. The SMILES string of the molecule is CC(=O)Nc1ccc2c(c1)nc(CN1CCCCC1)n2C(C)C. The van der Waals surface area contributed by atoms with Gasteiger partial charge in [0.25, 0.3) is 0 Å². The summed E-state index contributed by atoms with van der Waals surface area (Å²) in [6.07, 6.45) is 3.92. The van der Waals surface area contributed by atoms with Crippen LogP contribution in [-0.4, -0.2) is 33.4 Å². The molecule has 0 aliphatic carbocycles. The lowest BCUT2D eigenvalue weighted by molar-refractivity contribution is -0.114. The normalized spacial score (nSPS) is 16.2. The van der Waals surface area contributed by atoms with E-state index < -0.39 is 0 Å². The van der Waals surface area contributed by atoms with Crippen LogP contribution in [-0.2, 0) is 11.3 Å². The van der Waals surface area contributed by atoms with Gasteiger partial charge in [0.15, 0.2) is 0 Å². The predicted molar refractivity (Wildman–Crippen MR) is 93.5 cm³/mol. The third-order valence-electron chi connectivity index (χ3n) is 4.41. The standard InChI is InChI=1S/C18H26N4O/c1-13(2)22-17-8-7-15(19-14(3)23)11-16(17)20-18(22)12-21-9-5-4-6-10-21/h7-8,11,13H,4-6,9-10,12H2,1-3H3,(H,19,23). The molecule has 0 saturated carbocycles. The largest absolute Gasteiger partial charge is 0.326 e. The fraction of sp³-hybridized carbons (Fsp3) is 0.556. The lowest BCUT2D eigenvalue weighted by Gasteiger charge is -2.26. The number of hydrogen-bond acceptors (Lipinski definition) is 3. The molecule has 1 aromatic heterocycles. The predicted octanol–water partition coefficient (Wildman–Crippen LogP) is 3.56. The summed E-state index contributed by atoms with van der Waals surface area (Å²) in [4.78, 5) is 18.6. The third-order valence-corrected chi connectivity index (χ3v) is 4.41. The Labute approximate surface area is 137 Å². The van der Waals surface area contributed by atoms with Crippen LogP contribution < -0.4 is 5.32 Å². The molecule has 1 aromatic carbocycles. The first kappa shape index (κ1) is 16.0. The molecule has 5 nitrogen and oxygen atoms in total. The number of nitrogens with zero attached hydrogens (tertiary/aromatic N) is 3. The van der Waals surface area contributed by atoms with Gasteiger partial charge in [-0.3, -0.25) is 9.69 Å². The van der Waals surface area contributed by atoms with Crippen molar-refractivity contribution in [1.82, 2.24) is 14.5 Å². The van der Waals surface area contributed by atoms with Crippen molar-refractivity contribution >= 4 is 22.6 Å². The summed E-state index contributed by atoms with van der Waals surface area (Å²) < 4.78 is 2.32. The van der Waals surface area contributed by atoms with Crippen molar-refractivity contribution < 1.29 is 4.79 Å². The van der Waals surface area contributed by atoms with Crippen molar-refractivity contribution in [3.8, 4) is 0 Å². The molecule has 5 heteroatoms. The van der Waals surface area contributed by atoms with Crippen molar-refractivity contribution in [1.29, 1.82) is 0 Å². The smallest absolute Gasteiger partial charge is 0.221 e. The van der Waals surface area contributed by atoms with Gasteiger partial charge in [-0.1, -0.05) is 6.42 Å². The zero-order valence-electron chi connectivity index (χ0n) is 14.3. The topological polar surface area (TPSA) is 50.2 Å². The van der Waals surface area contributed by atoms with Gasteiger partial charge < -0.3 is 9.88 Å². The number of amides is 1. The van der Waals surface area contributed by atoms with E-state index in [9.17, 15) is 4.79 Å². The number of anilines is 1. The molecule has 1 saturated heterocycles. The minimum absolute atomic E-state index is 0.0545. The molecule has 0 bridgehead atoms. The van der Waals surface area contributed by atoms with E-state index in [1.165, 1.54) is 39.3 Å². The van der Waals surface area contributed by atoms with E-state index in [4.69, 9.17) is 4.98 Å². The molecule has 0 unspecified atom stereocenters. The maximum atomic E-state index is 11.2. The Balaban J connectivity index is 1.95. The Kier molecular flexibility index (Phi) is 4.66. The Morgan fingerprint density at radius 2 is 2.00 bits per heavy atom. The molecular formula is C18H26N4O. The van der Waals surface area contributed by atoms with Gasteiger partial charge in [0.2, 0.25) is 5.91 Å². The fourth-order valence-corrected chi connectivity index (χ4v) is 3.43. The summed E-state index contributed by atoms with van der Waals surface area (Å²) in [5.74, 6) is 1.07. The maximum Gasteiger partial charge on any atom is 0.221 e. The van der Waals surface area contributed by atoms with E-state index in [0.717, 1.165) is 29.1 Å². The minimum Gasteiger partial charge on any atom is -0.326 e. The first-order valence-electron chi connectivity index (χ1n) is 8.55. The van der Waals surface area contributed by atoms with Crippen molar-refractivity contribution in [3.63, 3.8) is 0 Å². The van der Waals surface area contributed by atoms with E-state index in [2.05, 4.69) is 34.7 Å². The molecule has 2 heterocycles. The van der Waals surface area contributed by atoms with Crippen molar-refractivity contribution in [3.05, 3.63) is 24.0 Å². The fourth-order valence-electron chi connectivity index (χ4n) is 3.43. The number of benzene rings is 1. The van der Waals surface area contributed by atoms with Crippen LogP contribution in [0.1, 0.15) is 51.9 Å². The Morgan fingerprint density at radius 1 is 1.26 bits per heavy atom. The van der Waals surface area contributed by atoms with Gasteiger partial charge in [-0.05, 0) is 58.0 Å². The quantitative estimate of drug-likeness (QED) is 0.938. The zero-order valence-corrected chi connectivity index (χ0v) is 14.3. The number of nitrogens with one attached hydrogen (secondary N) is 1. The van der Waals surface area contributed by atoms with Gasteiger partial charge >= 0.3 is 0 Å². The van der Waals surface area contributed by atoms with Gasteiger partial charge in [0, 0.05) is 18.7 Å². The summed E-state index contributed by atoms with van der Waals surface area (Å²) in [7, 11) is 0. The number of hydrogen-bond donors (Lipinski definition) is 1. The molecule has 1 amide bonds. The minimum atomic E-state index is -0.0545. The highest BCUT2D eigenvalue weighted by molar-refractivity contribution is 5.91. The number of fused-ring (bicyclic) bond motifs is 1. The Bertz CT molecular complexity index is 698. The van der Waals surface area contributed by atoms with Crippen LogP contribution >= 0.6 is 0 Å². The van der Waals surface area contributed by atoms with E-state index in [-0.39, 0.29) is 5.91 Å². The van der Waals surface area contributed by atoms with Crippen LogP contribution in [0.3, 0.4) is 0 Å². The maximum absolute atomic E-state index is 11.2. The molecule has 23 heavy (non-hydrogen) atoms. The van der Waals surface area contributed by atoms with Gasteiger partial charge in [0.05, 0.1) is 17.6 Å². The monoisotopic (exact) mass is 314 g/mol. The van der Waals surface area contributed by atoms with E-state index >= 15 is 0 Å². The Hall–Kier alpha value is -1.88. The second-order valence-electron chi connectivity index (χ2n) is 6.71. The lowest BCUT2D eigenvalue weighted by Crippen LogP contribution is -2.30. The second-order valence-corrected chi connectivity index (χ2v) is 6.71. The van der Waals surface area contributed by atoms with E-state index in [1.807, 2.05) is 12.1 Å². The van der Waals surface area contributed by atoms with Crippen LogP contribution in [0.5, 0.6) is 0 Å². The summed E-state index contributed by atoms with van der Waals surface area (Å²) in [6, 6.07) is 6.35. The van der Waals surface area contributed by atoms with Crippen molar-refractivity contribution in [2.24, 2.45) is 0 Å². The summed E-state index contributed by atoms with van der Waals surface area (Å²) in [6.45, 7) is 9.16. The molecule has 0 atom stereocenters. The summed E-state index contributed by atoms with van der Waals surface area (Å²) in [5, 5.41) is 2.84. The number of rotatable bonds is 4. The highest BCUT2D eigenvalue weighted by Crippen LogP contribution is 2.25. The van der Waals surface area contributed by atoms with Gasteiger partial charge in [0.1, 0.15) is 5.82 Å². The van der Waals surface area contributed by atoms with Crippen LogP contribution in [0.15, 0.2) is 18.2 Å². The highest BCUT2D eigenvalue weighted by atomic mass is 16.1. The molecular weight excluding hydrogens is 288 g/mol. The lowest BCUT2D eigenvalue weighted by atomic mass is 10.1. The van der Waals surface area contributed by atoms with E-state index in [1.54, 1.807) is 0 Å². The number of piperidine rings is 1. The van der Waals surface area contributed by atoms with Crippen molar-refractivity contribution in [2.45, 2.75) is 52.6 Å². The van der Waals surface area contributed by atoms with E-state index in [0.29, 0.717) is 6.04 Å². The second kappa shape index (κ2) is 6.71. The third kappa shape index (κ3) is 3.55. The van der Waals surface area contributed by atoms with Crippen LogP contribution in [0.25, 0.3) is 11.0 Å². The van der Waals surface area contributed by atoms with Crippen LogP contribution in [0.4, 0.5) is 5.69 Å². The molecule has 124 valence electrons. The molecule has 0 radical (unpaired) electrons. The number of likely N-dealkylation sites (tertiary alicyclic amines) is 1. The van der Waals surface area contributed by atoms with Gasteiger partial charge in [-0.2, -0.15) is 0 Å². The average Bonchev–Trinajstić information content (AvgIpc) is 2.84. The molecule has 1 N–H and O–H groups in total. The summed E-state index contributed by atoms with van der Waals surface area (Å²) >= 11 is 0. The molecule has 2 aromatic rings. The zero-order chi connectivity index (χ0) is 16.4. The Morgan fingerprint density at radius 3 is 2.65 bits per heavy atom. The average molecular weight is 314 g/mol. The highest BCUT2D eigenvalue weighted by Gasteiger charge is 2.18. The number of imidazole rings is 1. The van der Waals surface area contributed by atoms with Gasteiger partial charge in [-0.25, -0.2) is 4.98 Å². The number of carbonyl (C=O) groups excluding carboxylic acids is 1. The molecule has 0 spiro atoms. The molecule has 1 aliphatic heterocycles. The molecule has 1 aliphatic rings. The number of carbonyl (C=O) groups is 1. The molecule has 1 fully saturated rings.